The first-order valence-electron chi connectivity index (χ1n) is 5.76. The third kappa shape index (κ3) is 3.43. The first kappa shape index (κ1) is 15.9. The summed E-state index contributed by atoms with van der Waals surface area (Å²) in [5.41, 5.74) is 4.25. The zero-order chi connectivity index (χ0) is 14.0. The van der Waals surface area contributed by atoms with Crippen molar-refractivity contribution in [3.63, 3.8) is 0 Å². The molecule has 5 heteroatoms. The summed E-state index contributed by atoms with van der Waals surface area (Å²) in [5, 5.41) is 9.14. The highest BCUT2D eigenvalue weighted by atomic mass is 16.4. The lowest BCUT2D eigenvalue weighted by molar-refractivity contribution is -0.158. The van der Waals surface area contributed by atoms with Gasteiger partial charge in [-0.05, 0) is 26.2 Å². The first-order valence-corrected chi connectivity index (χ1v) is 5.76. The standard InChI is InChI=1S/C12H24N2O3/c1-7-14(12(5,6)10(16)17)9(15)8(13)11(2,3)4/h8H,7,13H2,1-6H3,(H,16,17)/t8-/m0/s1. The Bertz CT molecular complexity index is 305. The van der Waals surface area contributed by atoms with Gasteiger partial charge in [-0.15, -0.1) is 0 Å². The van der Waals surface area contributed by atoms with Crippen molar-refractivity contribution in [1.82, 2.24) is 4.90 Å². The molecule has 0 fully saturated rings. The molecule has 0 spiro atoms. The molecule has 0 unspecified atom stereocenters. The number of carboxylic acid groups (broad SMARTS) is 1. The third-order valence-corrected chi connectivity index (χ3v) is 2.98. The predicted molar refractivity (Wildman–Crippen MR) is 66.5 cm³/mol. The van der Waals surface area contributed by atoms with Crippen molar-refractivity contribution in [3.8, 4) is 0 Å². The molecule has 0 rings (SSSR count). The highest BCUT2D eigenvalue weighted by Crippen LogP contribution is 2.23. The van der Waals surface area contributed by atoms with Gasteiger partial charge in [0.25, 0.3) is 0 Å². The first-order chi connectivity index (χ1) is 7.46. The van der Waals surface area contributed by atoms with E-state index in [-0.39, 0.29) is 11.3 Å². The number of carbonyl (C=O) groups is 2. The number of amides is 1. The summed E-state index contributed by atoms with van der Waals surface area (Å²) in [7, 11) is 0. The molecule has 0 saturated carbocycles. The molecule has 3 N–H and O–H groups in total. The van der Waals surface area contributed by atoms with E-state index in [0.717, 1.165) is 0 Å². The van der Waals surface area contributed by atoms with E-state index in [1.807, 2.05) is 20.8 Å². The molecule has 0 aliphatic carbocycles. The molecule has 17 heavy (non-hydrogen) atoms. The fraction of sp³-hybridized carbons (Fsp3) is 0.833. The lowest BCUT2D eigenvalue weighted by atomic mass is 9.85. The van der Waals surface area contributed by atoms with Gasteiger partial charge in [0.15, 0.2) is 0 Å². The van der Waals surface area contributed by atoms with Crippen LogP contribution in [-0.4, -0.2) is 40.0 Å². The van der Waals surface area contributed by atoms with Gasteiger partial charge in [-0.25, -0.2) is 4.79 Å². The zero-order valence-electron chi connectivity index (χ0n) is 11.6. The van der Waals surface area contributed by atoms with Gasteiger partial charge in [-0.3, -0.25) is 4.79 Å². The summed E-state index contributed by atoms with van der Waals surface area (Å²) in [6.07, 6.45) is 0. The molecule has 1 amide bonds. The zero-order valence-corrected chi connectivity index (χ0v) is 11.6. The van der Waals surface area contributed by atoms with Crippen LogP contribution in [-0.2, 0) is 9.59 Å². The van der Waals surface area contributed by atoms with Gasteiger partial charge in [0.1, 0.15) is 5.54 Å². The van der Waals surface area contributed by atoms with Gasteiger partial charge >= 0.3 is 5.97 Å². The van der Waals surface area contributed by atoms with Crippen molar-refractivity contribution >= 4 is 11.9 Å². The van der Waals surface area contributed by atoms with Crippen LogP contribution < -0.4 is 5.73 Å². The SMILES string of the molecule is CCN(C(=O)[C@H](N)C(C)(C)C)C(C)(C)C(=O)O. The molecule has 0 aromatic rings. The highest BCUT2D eigenvalue weighted by molar-refractivity contribution is 5.89. The number of hydrogen-bond donors (Lipinski definition) is 2. The van der Waals surface area contributed by atoms with Gasteiger partial charge < -0.3 is 15.7 Å². The minimum atomic E-state index is -1.24. The third-order valence-electron chi connectivity index (χ3n) is 2.98. The fourth-order valence-corrected chi connectivity index (χ4v) is 1.48. The average Bonchev–Trinajstić information content (AvgIpc) is 2.15. The Balaban J connectivity index is 5.17. The Labute approximate surface area is 103 Å². The Morgan fingerprint density at radius 2 is 1.65 bits per heavy atom. The number of carbonyl (C=O) groups excluding carboxylic acids is 1. The normalized spacial score (nSPS) is 14.3. The summed E-state index contributed by atoms with van der Waals surface area (Å²) < 4.78 is 0. The topological polar surface area (TPSA) is 83.6 Å². The van der Waals surface area contributed by atoms with Crippen molar-refractivity contribution in [2.75, 3.05) is 6.54 Å². The second kappa shape index (κ2) is 5.04. The maximum absolute atomic E-state index is 12.2. The number of aliphatic carboxylic acids is 1. The Kier molecular flexibility index (Phi) is 4.71. The Morgan fingerprint density at radius 3 is 1.88 bits per heavy atom. The van der Waals surface area contributed by atoms with E-state index in [0.29, 0.717) is 6.54 Å². The molecule has 5 nitrogen and oxygen atoms in total. The van der Waals surface area contributed by atoms with E-state index in [1.54, 1.807) is 6.92 Å². The van der Waals surface area contributed by atoms with Crippen LogP contribution in [0.1, 0.15) is 41.5 Å². The van der Waals surface area contributed by atoms with Crippen LogP contribution in [0, 0.1) is 5.41 Å². The molecule has 0 saturated heterocycles. The van der Waals surface area contributed by atoms with Gasteiger partial charge in [0.2, 0.25) is 5.91 Å². The van der Waals surface area contributed by atoms with E-state index in [9.17, 15) is 9.59 Å². The summed E-state index contributed by atoms with van der Waals surface area (Å²) in [5.74, 6) is -1.36. The summed E-state index contributed by atoms with van der Waals surface area (Å²) in [6, 6.07) is -0.707. The Morgan fingerprint density at radius 1 is 1.24 bits per heavy atom. The molecule has 0 bridgehead atoms. The van der Waals surface area contributed by atoms with Crippen LogP contribution in [0.4, 0.5) is 0 Å². The van der Waals surface area contributed by atoms with Crippen LogP contribution >= 0.6 is 0 Å². The minimum absolute atomic E-state index is 0.321. The maximum atomic E-state index is 12.2. The largest absolute Gasteiger partial charge is 0.480 e. The summed E-state index contributed by atoms with van der Waals surface area (Å²) in [4.78, 5) is 24.7. The van der Waals surface area contributed by atoms with Crippen molar-refractivity contribution in [3.05, 3.63) is 0 Å². The van der Waals surface area contributed by atoms with Crippen LogP contribution in [0.5, 0.6) is 0 Å². The molecule has 0 heterocycles. The van der Waals surface area contributed by atoms with E-state index in [2.05, 4.69) is 0 Å². The molecular formula is C12H24N2O3. The molecule has 0 radical (unpaired) electrons. The van der Waals surface area contributed by atoms with Crippen molar-refractivity contribution < 1.29 is 14.7 Å². The van der Waals surface area contributed by atoms with Crippen molar-refractivity contribution in [2.45, 2.75) is 53.1 Å². The maximum Gasteiger partial charge on any atom is 0.329 e. The van der Waals surface area contributed by atoms with Crippen LogP contribution in [0.3, 0.4) is 0 Å². The lowest BCUT2D eigenvalue weighted by Crippen LogP contribution is -2.59. The molecule has 0 aliphatic rings. The number of rotatable bonds is 4. The van der Waals surface area contributed by atoms with Crippen LogP contribution in [0.15, 0.2) is 0 Å². The molecule has 0 aromatic carbocycles. The summed E-state index contributed by atoms with van der Waals surface area (Å²) >= 11 is 0. The number of carboxylic acids is 1. The Hall–Kier alpha value is -1.10. The van der Waals surface area contributed by atoms with Gasteiger partial charge in [-0.1, -0.05) is 20.8 Å². The number of hydrogen-bond acceptors (Lipinski definition) is 3. The van der Waals surface area contributed by atoms with E-state index < -0.39 is 17.6 Å². The molecule has 1 atom stereocenters. The average molecular weight is 244 g/mol. The number of likely N-dealkylation sites (N-methyl/N-ethyl adjacent to an activating group) is 1. The van der Waals surface area contributed by atoms with Crippen LogP contribution in [0.25, 0.3) is 0 Å². The quantitative estimate of drug-likeness (QED) is 0.775. The lowest BCUT2D eigenvalue weighted by Gasteiger charge is -2.38. The predicted octanol–water partition coefficient (Wildman–Crippen LogP) is 1.07. The second-order valence-corrected chi connectivity index (χ2v) is 5.79. The minimum Gasteiger partial charge on any atom is -0.480 e. The smallest absolute Gasteiger partial charge is 0.329 e. The van der Waals surface area contributed by atoms with Crippen molar-refractivity contribution in [1.29, 1.82) is 0 Å². The van der Waals surface area contributed by atoms with Gasteiger partial charge in [0.05, 0.1) is 6.04 Å². The van der Waals surface area contributed by atoms with E-state index in [1.165, 1.54) is 18.7 Å². The molecule has 0 aliphatic heterocycles. The molecule has 100 valence electrons. The van der Waals surface area contributed by atoms with E-state index >= 15 is 0 Å². The number of nitrogens with zero attached hydrogens (tertiary/aromatic N) is 1. The molecular weight excluding hydrogens is 220 g/mol. The number of nitrogens with two attached hydrogens (primary N) is 1. The van der Waals surface area contributed by atoms with E-state index in [4.69, 9.17) is 10.8 Å². The fourth-order valence-electron chi connectivity index (χ4n) is 1.48. The molecule has 0 aromatic heterocycles. The van der Waals surface area contributed by atoms with Gasteiger partial charge in [-0.2, -0.15) is 0 Å². The van der Waals surface area contributed by atoms with Crippen LogP contribution in [0.2, 0.25) is 0 Å². The monoisotopic (exact) mass is 244 g/mol. The highest BCUT2D eigenvalue weighted by Gasteiger charge is 2.41. The second-order valence-electron chi connectivity index (χ2n) is 5.79. The van der Waals surface area contributed by atoms with Crippen molar-refractivity contribution in [2.24, 2.45) is 11.1 Å². The summed E-state index contributed by atoms with van der Waals surface area (Å²) in [6.45, 7) is 10.7. The van der Waals surface area contributed by atoms with Gasteiger partial charge in [0, 0.05) is 6.54 Å².